The monoisotopic (exact) mass is 540 g/mol. The van der Waals surface area contributed by atoms with Crippen LogP contribution in [0.2, 0.25) is 10.0 Å². The van der Waals surface area contributed by atoms with E-state index < -0.39 is 6.04 Å². The topological polar surface area (TPSA) is 69.0 Å². The lowest BCUT2D eigenvalue weighted by atomic mass is 10.1. The van der Waals surface area contributed by atoms with Gasteiger partial charge < -0.3 is 10.1 Å². The third-order valence-corrected chi connectivity index (χ3v) is 7.23. The van der Waals surface area contributed by atoms with Gasteiger partial charge in [-0.1, -0.05) is 71.4 Å². The largest absolute Gasteiger partial charge is 0.497 e. The lowest BCUT2D eigenvalue weighted by Gasteiger charge is -2.17. The first kappa shape index (κ1) is 26.1. The van der Waals surface area contributed by atoms with Crippen molar-refractivity contribution in [1.82, 2.24) is 20.1 Å². The van der Waals surface area contributed by atoms with Crippen molar-refractivity contribution in [3.63, 3.8) is 0 Å². The molecule has 0 spiro atoms. The molecule has 1 amide bonds. The normalized spacial score (nSPS) is 11.8. The van der Waals surface area contributed by atoms with Gasteiger partial charge in [0, 0.05) is 10.8 Å². The maximum atomic E-state index is 12.8. The third-order valence-electron chi connectivity index (χ3n) is 5.72. The van der Waals surface area contributed by atoms with Crippen molar-refractivity contribution >= 4 is 40.9 Å². The van der Waals surface area contributed by atoms with E-state index in [0.717, 1.165) is 11.3 Å². The van der Waals surface area contributed by atoms with E-state index in [9.17, 15) is 4.79 Å². The summed E-state index contributed by atoms with van der Waals surface area (Å²) < 4.78 is 7.07. The van der Waals surface area contributed by atoms with E-state index in [1.165, 1.54) is 11.1 Å². The molecule has 0 aliphatic heterocycles. The van der Waals surface area contributed by atoms with Gasteiger partial charge in [0.2, 0.25) is 5.91 Å². The number of amides is 1. The van der Waals surface area contributed by atoms with Crippen molar-refractivity contribution in [3.05, 3.63) is 99.3 Å². The molecule has 1 atom stereocenters. The zero-order valence-electron chi connectivity index (χ0n) is 20.2. The molecule has 1 N–H and O–H groups in total. The van der Waals surface area contributed by atoms with Gasteiger partial charge in [-0.2, -0.15) is 0 Å². The van der Waals surface area contributed by atoms with Gasteiger partial charge in [0.1, 0.15) is 5.75 Å². The number of ether oxygens (including phenoxy) is 1. The second kappa shape index (κ2) is 11.8. The number of carbonyl (C=O) groups is 1. The molecule has 0 bridgehead atoms. The molecule has 0 fully saturated rings. The molecule has 6 nitrogen and oxygen atoms in total. The number of nitrogens with one attached hydrogen (secondary N) is 1. The smallest absolute Gasteiger partial charge is 0.224 e. The van der Waals surface area contributed by atoms with Crippen LogP contribution in [0.4, 0.5) is 0 Å². The molecular formula is C27H26Cl2N4O2S. The fraction of sp³-hybridized carbons (Fsp3) is 0.222. The number of hydrogen-bond donors (Lipinski definition) is 1. The van der Waals surface area contributed by atoms with Crippen molar-refractivity contribution in [3.8, 4) is 11.4 Å². The minimum atomic E-state index is -0.414. The van der Waals surface area contributed by atoms with Gasteiger partial charge in [-0.25, -0.2) is 0 Å². The number of carbonyl (C=O) groups excluding carboxylic acids is 1. The van der Waals surface area contributed by atoms with E-state index >= 15 is 0 Å². The first-order chi connectivity index (χ1) is 17.4. The van der Waals surface area contributed by atoms with Crippen molar-refractivity contribution in [2.75, 3.05) is 7.11 Å². The van der Waals surface area contributed by atoms with Crippen LogP contribution in [0.15, 0.2) is 71.9 Å². The molecule has 1 aromatic heterocycles. The summed E-state index contributed by atoms with van der Waals surface area (Å²) in [6.07, 6.45) is 0.235. The molecule has 1 heterocycles. The van der Waals surface area contributed by atoms with Crippen LogP contribution in [0.25, 0.3) is 5.69 Å². The minimum absolute atomic E-state index is 0.126. The molecule has 0 aliphatic rings. The summed E-state index contributed by atoms with van der Waals surface area (Å²) in [5.41, 5.74) is 4.00. The molecular weight excluding hydrogens is 515 g/mol. The van der Waals surface area contributed by atoms with Crippen molar-refractivity contribution < 1.29 is 9.53 Å². The Morgan fingerprint density at radius 1 is 1.08 bits per heavy atom. The van der Waals surface area contributed by atoms with E-state index in [0.29, 0.717) is 32.5 Å². The van der Waals surface area contributed by atoms with E-state index in [2.05, 4.69) is 34.6 Å². The summed E-state index contributed by atoms with van der Waals surface area (Å²) in [4.78, 5) is 12.8. The maximum Gasteiger partial charge on any atom is 0.224 e. The summed E-state index contributed by atoms with van der Waals surface area (Å²) in [5, 5.41) is 13.6. The number of aromatic nitrogens is 3. The number of methoxy groups -OCH3 is 1. The molecule has 1 unspecified atom stereocenters. The molecule has 0 saturated heterocycles. The second-order valence-corrected chi connectivity index (χ2v) is 10.1. The fourth-order valence-corrected chi connectivity index (χ4v) is 5.27. The molecule has 4 aromatic rings. The molecule has 186 valence electrons. The van der Waals surface area contributed by atoms with Crippen LogP contribution < -0.4 is 10.1 Å². The average molecular weight is 542 g/mol. The predicted octanol–water partition coefficient (Wildman–Crippen LogP) is 6.60. The van der Waals surface area contributed by atoms with Crippen molar-refractivity contribution in [2.24, 2.45) is 0 Å². The Bertz CT molecular complexity index is 1360. The summed E-state index contributed by atoms with van der Waals surface area (Å²) in [6.45, 7) is 3.97. The lowest BCUT2D eigenvalue weighted by molar-refractivity contribution is -0.121. The highest BCUT2D eigenvalue weighted by atomic mass is 35.5. The Morgan fingerprint density at radius 2 is 1.83 bits per heavy atom. The van der Waals surface area contributed by atoms with Crippen LogP contribution in [0.3, 0.4) is 0 Å². The van der Waals surface area contributed by atoms with E-state index in [-0.39, 0.29) is 12.3 Å². The van der Waals surface area contributed by atoms with Gasteiger partial charge in [0.25, 0.3) is 0 Å². The van der Waals surface area contributed by atoms with Gasteiger partial charge >= 0.3 is 0 Å². The van der Waals surface area contributed by atoms with E-state index in [1.807, 2.05) is 54.0 Å². The molecule has 3 aromatic carbocycles. The van der Waals surface area contributed by atoms with Gasteiger partial charge in [-0.05, 0) is 60.9 Å². The number of rotatable bonds is 9. The van der Waals surface area contributed by atoms with Gasteiger partial charge in [-0.3, -0.25) is 9.36 Å². The lowest BCUT2D eigenvalue weighted by Crippen LogP contribution is -2.30. The second-order valence-electron chi connectivity index (χ2n) is 8.30. The van der Waals surface area contributed by atoms with Crippen LogP contribution in [-0.4, -0.2) is 27.8 Å². The zero-order chi connectivity index (χ0) is 25.7. The van der Waals surface area contributed by atoms with Crippen molar-refractivity contribution in [1.29, 1.82) is 0 Å². The number of thioether (sulfide) groups is 1. The van der Waals surface area contributed by atoms with Gasteiger partial charge in [0.05, 0.1) is 30.3 Å². The highest BCUT2D eigenvalue weighted by Gasteiger charge is 2.23. The minimum Gasteiger partial charge on any atom is -0.497 e. The standard InChI is InChI=1S/C27H26Cl2N4O2S/c1-17-6-4-5-7-20(17)16-36-27-32-31-26(33(27)24-13-10-21(28)15-23(24)29)18(2)30-25(34)14-19-8-11-22(35-3)12-9-19/h4-13,15,18H,14,16H2,1-3H3,(H,30,34). The predicted molar refractivity (Wildman–Crippen MR) is 145 cm³/mol. The summed E-state index contributed by atoms with van der Waals surface area (Å²) in [5.74, 6) is 1.91. The van der Waals surface area contributed by atoms with Crippen LogP contribution in [0, 0.1) is 6.92 Å². The van der Waals surface area contributed by atoms with Gasteiger partial charge in [0.15, 0.2) is 11.0 Å². The molecule has 0 radical (unpaired) electrons. The molecule has 0 aliphatic carbocycles. The Kier molecular flexibility index (Phi) is 8.56. The summed E-state index contributed by atoms with van der Waals surface area (Å²) in [6, 6.07) is 20.5. The van der Waals surface area contributed by atoms with E-state index in [1.54, 1.807) is 31.0 Å². The van der Waals surface area contributed by atoms with Gasteiger partial charge in [-0.15, -0.1) is 10.2 Å². The van der Waals surface area contributed by atoms with Crippen LogP contribution in [0.1, 0.15) is 35.5 Å². The zero-order valence-corrected chi connectivity index (χ0v) is 22.5. The number of benzene rings is 3. The van der Waals surface area contributed by atoms with E-state index in [4.69, 9.17) is 27.9 Å². The number of aryl methyl sites for hydroxylation is 1. The number of hydrogen-bond acceptors (Lipinski definition) is 5. The summed E-state index contributed by atoms with van der Waals surface area (Å²) >= 11 is 14.3. The Labute approximate surface area is 225 Å². The molecule has 0 saturated carbocycles. The first-order valence-corrected chi connectivity index (χ1v) is 13.1. The quantitative estimate of drug-likeness (QED) is 0.242. The fourth-order valence-electron chi connectivity index (χ4n) is 3.74. The molecule has 4 rings (SSSR count). The van der Waals surface area contributed by atoms with Crippen LogP contribution >= 0.6 is 35.0 Å². The average Bonchev–Trinajstić information content (AvgIpc) is 3.28. The SMILES string of the molecule is COc1ccc(CC(=O)NC(C)c2nnc(SCc3ccccc3C)n2-c2ccc(Cl)cc2Cl)cc1. The van der Waals surface area contributed by atoms with Crippen molar-refractivity contribution in [2.45, 2.75) is 37.2 Å². The number of nitrogens with zero attached hydrogens (tertiary/aromatic N) is 3. The first-order valence-electron chi connectivity index (χ1n) is 11.4. The number of halogens is 2. The Morgan fingerprint density at radius 3 is 2.53 bits per heavy atom. The van der Waals surface area contributed by atoms with Crippen LogP contribution in [-0.2, 0) is 17.0 Å². The Hall–Kier alpha value is -3.00. The molecule has 36 heavy (non-hydrogen) atoms. The Balaban J connectivity index is 1.59. The highest BCUT2D eigenvalue weighted by Crippen LogP contribution is 2.32. The summed E-state index contributed by atoms with van der Waals surface area (Å²) in [7, 11) is 1.61. The maximum absolute atomic E-state index is 12.8. The molecule has 9 heteroatoms. The third kappa shape index (κ3) is 6.22. The highest BCUT2D eigenvalue weighted by molar-refractivity contribution is 7.98. The van der Waals surface area contributed by atoms with Crippen LogP contribution in [0.5, 0.6) is 5.75 Å².